The zero-order chi connectivity index (χ0) is 13.4. The number of ketones is 1. The van der Waals surface area contributed by atoms with Crippen molar-refractivity contribution in [3.8, 4) is 0 Å². The van der Waals surface area contributed by atoms with Crippen molar-refractivity contribution in [2.75, 3.05) is 31.1 Å². The molecular formula is C13H15N3O3. The molecule has 6 heteroatoms. The molecule has 0 aliphatic carbocycles. The monoisotopic (exact) mass is 261 g/mol. The van der Waals surface area contributed by atoms with Gasteiger partial charge in [0.1, 0.15) is 0 Å². The first-order valence-corrected chi connectivity index (χ1v) is 6.28. The first-order valence-electron chi connectivity index (χ1n) is 6.28. The van der Waals surface area contributed by atoms with Gasteiger partial charge in [-0.05, 0) is 19.1 Å². The number of nitrogens with zero attached hydrogens (tertiary/aromatic N) is 1. The number of Topliss-reactive ketones (excluding diaryl/α,β-unsaturated/α-hetero) is 1. The number of carbonyl (C=O) groups is 1. The largest absolute Gasteiger partial charge is 0.417 e. The standard InChI is InChI=1S/C13H15N3O3/c1-8(17)10-6-9(16-4-2-14-3-5-16)7-11-12(10)19-13(18)15-11/h6-7,14H,2-5H2,1H3,(H,15,18). The van der Waals surface area contributed by atoms with Crippen molar-refractivity contribution in [1.29, 1.82) is 0 Å². The highest BCUT2D eigenvalue weighted by atomic mass is 16.4. The highest BCUT2D eigenvalue weighted by Gasteiger charge is 2.17. The van der Waals surface area contributed by atoms with Gasteiger partial charge in [0.25, 0.3) is 0 Å². The summed E-state index contributed by atoms with van der Waals surface area (Å²) in [5.74, 6) is -0.639. The van der Waals surface area contributed by atoms with E-state index in [2.05, 4.69) is 15.2 Å². The van der Waals surface area contributed by atoms with E-state index in [1.54, 1.807) is 6.07 Å². The molecule has 1 aromatic carbocycles. The molecule has 2 heterocycles. The predicted molar refractivity (Wildman–Crippen MR) is 71.9 cm³/mol. The number of anilines is 1. The van der Waals surface area contributed by atoms with E-state index in [0.29, 0.717) is 16.7 Å². The van der Waals surface area contributed by atoms with Gasteiger partial charge in [0.2, 0.25) is 0 Å². The number of aromatic amines is 1. The minimum atomic E-state index is -0.532. The molecule has 100 valence electrons. The summed E-state index contributed by atoms with van der Waals surface area (Å²) in [6.45, 7) is 5.06. The second kappa shape index (κ2) is 4.55. The van der Waals surface area contributed by atoms with E-state index >= 15 is 0 Å². The number of fused-ring (bicyclic) bond motifs is 1. The summed E-state index contributed by atoms with van der Waals surface area (Å²) < 4.78 is 5.04. The van der Waals surface area contributed by atoms with Gasteiger partial charge in [-0.25, -0.2) is 4.79 Å². The van der Waals surface area contributed by atoms with Gasteiger partial charge in [-0.1, -0.05) is 0 Å². The third kappa shape index (κ3) is 2.15. The summed E-state index contributed by atoms with van der Waals surface area (Å²) in [6, 6.07) is 3.66. The Morgan fingerprint density at radius 2 is 2.05 bits per heavy atom. The third-order valence-electron chi connectivity index (χ3n) is 3.37. The van der Waals surface area contributed by atoms with Crippen molar-refractivity contribution in [3.63, 3.8) is 0 Å². The molecule has 0 radical (unpaired) electrons. The Morgan fingerprint density at radius 3 is 2.74 bits per heavy atom. The van der Waals surface area contributed by atoms with Crippen molar-refractivity contribution < 1.29 is 9.21 Å². The summed E-state index contributed by atoms with van der Waals surface area (Å²) in [4.78, 5) is 27.8. The summed E-state index contributed by atoms with van der Waals surface area (Å²) in [7, 11) is 0. The number of carbonyl (C=O) groups excluding carboxylic acids is 1. The number of hydrogen-bond donors (Lipinski definition) is 2. The average molecular weight is 261 g/mol. The number of H-pyrrole nitrogens is 1. The Kier molecular flexibility index (Phi) is 2.87. The second-order valence-electron chi connectivity index (χ2n) is 4.68. The second-order valence-corrected chi connectivity index (χ2v) is 4.68. The molecule has 1 aliphatic rings. The quantitative estimate of drug-likeness (QED) is 0.779. The lowest BCUT2D eigenvalue weighted by molar-refractivity contribution is 0.101. The molecule has 1 aliphatic heterocycles. The molecule has 0 saturated carbocycles. The van der Waals surface area contributed by atoms with Crippen LogP contribution in [-0.2, 0) is 0 Å². The van der Waals surface area contributed by atoms with Crippen LogP contribution in [0.25, 0.3) is 11.1 Å². The maximum Gasteiger partial charge on any atom is 0.417 e. The topological polar surface area (TPSA) is 78.3 Å². The number of rotatable bonds is 2. The number of hydrogen-bond acceptors (Lipinski definition) is 5. The van der Waals surface area contributed by atoms with Gasteiger partial charge in [-0.2, -0.15) is 0 Å². The average Bonchev–Trinajstić information content (AvgIpc) is 2.78. The van der Waals surface area contributed by atoms with Crippen molar-refractivity contribution in [3.05, 3.63) is 28.2 Å². The van der Waals surface area contributed by atoms with E-state index in [4.69, 9.17) is 4.42 Å². The molecule has 19 heavy (non-hydrogen) atoms. The SMILES string of the molecule is CC(=O)c1cc(N2CCNCC2)cc2[nH]c(=O)oc12. The molecule has 1 saturated heterocycles. The zero-order valence-corrected chi connectivity index (χ0v) is 10.7. The Labute approximate surface area is 109 Å². The first kappa shape index (κ1) is 12.0. The lowest BCUT2D eigenvalue weighted by atomic mass is 10.1. The molecule has 2 aromatic rings. The minimum absolute atomic E-state index is 0.107. The Morgan fingerprint density at radius 1 is 1.32 bits per heavy atom. The fourth-order valence-electron chi connectivity index (χ4n) is 2.41. The maximum absolute atomic E-state index is 11.7. The fourth-order valence-corrected chi connectivity index (χ4v) is 2.41. The van der Waals surface area contributed by atoms with Gasteiger partial charge in [-0.3, -0.25) is 9.78 Å². The highest BCUT2D eigenvalue weighted by Crippen LogP contribution is 2.25. The third-order valence-corrected chi connectivity index (χ3v) is 3.37. The molecule has 3 rings (SSSR count). The van der Waals surface area contributed by atoms with E-state index < -0.39 is 5.76 Å². The molecule has 0 atom stereocenters. The lowest BCUT2D eigenvalue weighted by Gasteiger charge is -2.29. The van der Waals surface area contributed by atoms with Crippen LogP contribution in [0.1, 0.15) is 17.3 Å². The van der Waals surface area contributed by atoms with E-state index in [1.807, 2.05) is 6.07 Å². The molecule has 2 N–H and O–H groups in total. The summed E-state index contributed by atoms with van der Waals surface area (Å²) in [5, 5.41) is 3.28. The highest BCUT2D eigenvalue weighted by molar-refractivity contribution is 6.05. The van der Waals surface area contributed by atoms with Gasteiger partial charge in [0, 0.05) is 31.9 Å². The molecular weight excluding hydrogens is 246 g/mol. The molecule has 1 aromatic heterocycles. The molecule has 0 amide bonds. The number of benzene rings is 1. The fraction of sp³-hybridized carbons (Fsp3) is 0.385. The van der Waals surface area contributed by atoms with Crippen LogP contribution in [0.3, 0.4) is 0 Å². The van der Waals surface area contributed by atoms with Crippen LogP contribution < -0.4 is 16.0 Å². The van der Waals surface area contributed by atoms with Gasteiger partial charge in [0.15, 0.2) is 11.4 Å². The van der Waals surface area contributed by atoms with Crippen LogP contribution in [0, 0.1) is 0 Å². The van der Waals surface area contributed by atoms with E-state index in [1.165, 1.54) is 6.92 Å². The number of nitrogens with one attached hydrogen (secondary N) is 2. The van der Waals surface area contributed by atoms with Gasteiger partial charge in [0.05, 0.1) is 11.1 Å². The van der Waals surface area contributed by atoms with E-state index in [0.717, 1.165) is 31.9 Å². The smallest absolute Gasteiger partial charge is 0.407 e. The molecule has 1 fully saturated rings. The predicted octanol–water partition coefficient (Wildman–Crippen LogP) is 0.733. The van der Waals surface area contributed by atoms with Crippen LogP contribution in [0.2, 0.25) is 0 Å². The van der Waals surface area contributed by atoms with Crippen LogP contribution in [0.5, 0.6) is 0 Å². The minimum Gasteiger partial charge on any atom is -0.407 e. The zero-order valence-electron chi connectivity index (χ0n) is 10.7. The van der Waals surface area contributed by atoms with E-state index in [9.17, 15) is 9.59 Å². The van der Waals surface area contributed by atoms with Gasteiger partial charge >= 0.3 is 5.76 Å². The van der Waals surface area contributed by atoms with Crippen LogP contribution >= 0.6 is 0 Å². The van der Waals surface area contributed by atoms with Crippen molar-refractivity contribution in [2.24, 2.45) is 0 Å². The molecule has 0 unspecified atom stereocenters. The summed E-state index contributed by atoms with van der Waals surface area (Å²) in [5.41, 5.74) is 2.31. The summed E-state index contributed by atoms with van der Waals surface area (Å²) in [6.07, 6.45) is 0. The molecule has 0 bridgehead atoms. The normalized spacial score (nSPS) is 15.9. The summed E-state index contributed by atoms with van der Waals surface area (Å²) >= 11 is 0. The van der Waals surface area contributed by atoms with Gasteiger partial charge in [-0.15, -0.1) is 0 Å². The Bertz CT molecular complexity index is 680. The van der Waals surface area contributed by atoms with Crippen LogP contribution in [-0.4, -0.2) is 36.9 Å². The Hall–Kier alpha value is -2.08. The Balaban J connectivity index is 2.15. The van der Waals surface area contributed by atoms with E-state index in [-0.39, 0.29) is 5.78 Å². The van der Waals surface area contributed by atoms with Crippen LogP contribution in [0.15, 0.2) is 21.3 Å². The maximum atomic E-state index is 11.7. The van der Waals surface area contributed by atoms with Crippen LogP contribution in [0.4, 0.5) is 5.69 Å². The van der Waals surface area contributed by atoms with Crippen molar-refractivity contribution in [1.82, 2.24) is 10.3 Å². The van der Waals surface area contributed by atoms with Crippen molar-refractivity contribution in [2.45, 2.75) is 6.92 Å². The lowest BCUT2D eigenvalue weighted by Crippen LogP contribution is -2.43. The number of aromatic nitrogens is 1. The molecule has 0 spiro atoms. The first-order chi connectivity index (χ1) is 9.15. The van der Waals surface area contributed by atoms with Gasteiger partial charge < -0.3 is 14.6 Å². The number of piperazine rings is 1. The van der Waals surface area contributed by atoms with Crippen molar-refractivity contribution >= 4 is 22.6 Å². The molecule has 6 nitrogen and oxygen atoms in total. The number of oxazole rings is 1.